The SMILES string of the molecule is Cc1c(COc2cc(OCc3cncc(C#N)c3)c(C=O)cc2Cl)cccc1-c1cccc(OCCC(C)(C)O)c1Cl. The summed E-state index contributed by atoms with van der Waals surface area (Å²) in [4.78, 5) is 15.7. The number of halogens is 2. The number of ether oxygens (including phenoxy) is 3. The van der Waals surface area contributed by atoms with E-state index in [1.54, 1.807) is 38.2 Å². The van der Waals surface area contributed by atoms with E-state index < -0.39 is 5.60 Å². The van der Waals surface area contributed by atoms with Crippen molar-refractivity contribution < 1.29 is 24.1 Å². The predicted octanol–water partition coefficient (Wildman–Crippen LogP) is 7.75. The van der Waals surface area contributed by atoms with Gasteiger partial charge in [-0.3, -0.25) is 9.78 Å². The highest BCUT2D eigenvalue weighted by Gasteiger charge is 2.17. The second-order valence-electron chi connectivity index (χ2n) is 10.3. The smallest absolute Gasteiger partial charge is 0.153 e. The van der Waals surface area contributed by atoms with Crippen LogP contribution in [0.1, 0.15) is 52.9 Å². The Bertz CT molecular complexity index is 1630. The van der Waals surface area contributed by atoms with Gasteiger partial charge in [0.25, 0.3) is 0 Å². The molecular formula is C33H30Cl2N2O5. The van der Waals surface area contributed by atoms with Crippen LogP contribution in [0, 0.1) is 18.3 Å². The highest BCUT2D eigenvalue weighted by atomic mass is 35.5. The van der Waals surface area contributed by atoms with Gasteiger partial charge in [0.15, 0.2) is 6.29 Å². The van der Waals surface area contributed by atoms with E-state index in [4.69, 9.17) is 42.7 Å². The summed E-state index contributed by atoms with van der Waals surface area (Å²) in [6.07, 6.45) is 4.18. The topological polar surface area (TPSA) is 102 Å². The van der Waals surface area contributed by atoms with Crippen LogP contribution in [0.15, 0.2) is 67.0 Å². The van der Waals surface area contributed by atoms with E-state index in [-0.39, 0.29) is 23.8 Å². The van der Waals surface area contributed by atoms with Gasteiger partial charge in [0.1, 0.15) is 36.5 Å². The lowest BCUT2D eigenvalue weighted by molar-refractivity contribution is 0.0553. The van der Waals surface area contributed by atoms with Gasteiger partial charge in [-0.1, -0.05) is 53.5 Å². The number of aromatic nitrogens is 1. The molecule has 0 saturated carbocycles. The maximum Gasteiger partial charge on any atom is 0.153 e. The minimum Gasteiger partial charge on any atom is -0.492 e. The summed E-state index contributed by atoms with van der Waals surface area (Å²) in [6, 6.07) is 18.3. The van der Waals surface area contributed by atoms with Crippen molar-refractivity contribution in [3.63, 3.8) is 0 Å². The van der Waals surface area contributed by atoms with Gasteiger partial charge in [0, 0.05) is 36.0 Å². The third-order valence-electron chi connectivity index (χ3n) is 6.56. The third-order valence-corrected chi connectivity index (χ3v) is 7.25. The highest BCUT2D eigenvalue weighted by Crippen LogP contribution is 2.38. The van der Waals surface area contributed by atoms with Crippen molar-refractivity contribution in [1.29, 1.82) is 5.26 Å². The number of carbonyl (C=O) groups is 1. The molecule has 0 aliphatic heterocycles. The molecule has 0 amide bonds. The normalized spacial score (nSPS) is 11.1. The number of nitriles is 1. The molecular weight excluding hydrogens is 575 g/mol. The largest absolute Gasteiger partial charge is 0.492 e. The third kappa shape index (κ3) is 7.80. The lowest BCUT2D eigenvalue weighted by atomic mass is 9.96. The molecule has 4 rings (SSSR count). The minimum atomic E-state index is -0.834. The predicted molar refractivity (Wildman–Crippen MR) is 162 cm³/mol. The van der Waals surface area contributed by atoms with Crippen LogP contribution in [0.5, 0.6) is 17.2 Å². The molecule has 0 bridgehead atoms. The van der Waals surface area contributed by atoms with Gasteiger partial charge in [0.2, 0.25) is 0 Å². The van der Waals surface area contributed by atoms with Gasteiger partial charge in [0.05, 0.1) is 33.4 Å². The average Bonchev–Trinajstić information content (AvgIpc) is 2.97. The van der Waals surface area contributed by atoms with Crippen molar-refractivity contribution >= 4 is 29.5 Å². The standard InChI is InChI=1S/C33H30Cl2N2O5/c1-21-24(6-4-7-26(21)27-8-5-9-29(32(27)35)40-11-10-33(2,3)39)20-42-31-14-30(25(18-38)13-28(31)34)41-19-23-12-22(15-36)16-37-17-23/h4-9,12-14,16-18,39H,10-11,19-20H2,1-3H3. The van der Waals surface area contributed by atoms with Crippen LogP contribution < -0.4 is 14.2 Å². The zero-order valence-electron chi connectivity index (χ0n) is 23.5. The molecule has 0 unspecified atom stereocenters. The summed E-state index contributed by atoms with van der Waals surface area (Å²) in [7, 11) is 0. The number of rotatable bonds is 12. The summed E-state index contributed by atoms with van der Waals surface area (Å²) < 4.78 is 17.8. The van der Waals surface area contributed by atoms with E-state index in [0.29, 0.717) is 52.7 Å². The molecule has 0 fully saturated rings. The number of hydrogen-bond donors (Lipinski definition) is 1. The van der Waals surface area contributed by atoms with Crippen LogP contribution in [0.3, 0.4) is 0 Å². The summed E-state index contributed by atoms with van der Waals surface area (Å²) in [5, 5.41) is 19.8. The van der Waals surface area contributed by atoms with Crippen molar-refractivity contribution in [2.75, 3.05) is 6.61 Å². The molecule has 9 heteroatoms. The van der Waals surface area contributed by atoms with Crippen molar-refractivity contribution in [3.05, 3.63) is 105 Å². The molecule has 0 saturated heterocycles. The zero-order chi connectivity index (χ0) is 30.3. The molecule has 0 atom stereocenters. The number of aliphatic hydroxyl groups is 1. The van der Waals surface area contributed by atoms with Crippen molar-refractivity contribution in [2.24, 2.45) is 0 Å². The van der Waals surface area contributed by atoms with Gasteiger partial charge in [-0.2, -0.15) is 5.26 Å². The summed E-state index contributed by atoms with van der Waals surface area (Å²) >= 11 is 13.2. The van der Waals surface area contributed by atoms with E-state index >= 15 is 0 Å². The maximum atomic E-state index is 11.7. The fourth-order valence-corrected chi connectivity index (χ4v) is 4.70. The van der Waals surface area contributed by atoms with Crippen LogP contribution in [-0.2, 0) is 13.2 Å². The Kier molecular flexibility index (Phi) is 10.1. The van der Waals surface area contributed by atoms with Crippen molar-refractivity contribution in [2.45, 2.75) is 46.0 Å². The Morgan fingerprint density at radius 2 is 1.69 bits per heavy atom. The summed E-state index contributed by atoms with van der Waals surface area (Å²) in [6.45, 7) is 6.09. The molecule has 1 heterocycles. The second kappa shape index (κ2) is 13.7. The fourth-order valence-electron chi connectivity index (χ4n) is 4.19. The zero-order valence-corrected chi connectivity index (χ0v) is 25.0. The minimum absolute atomic E-state index is 0.104. The molecule has 1 aromatic heterocycles. The molecule has 7 nitrogen and oxygen atoms in total. The molecule has 42 heavy (non-hydrogen) atoms. The quantitative estimate of drug-likeness (QED) is 0.165. The molecule has 0 spiro atoms. The van der Waals surface area contributed by atoms with Gasteiger partial charge in [-0.05, 0) is 55.7 Å². The van der Waals surface area contributed by atoms with E-state index in [1.807, 2.05) is 43.3 Å². The van der Waals surface area contributed by atoms with Gasteiger partial charge in [-0.25, -0.2) is 0 Å². The van der Waals surface area contributed by atoms with Gasteiger partial charge < -0.3 is 19.3 Å². The molecule has 1 N–H and O–H groups in total. The maximum absolute atomic E-state index is 11.7. The Balaban J connectivity index is 1.52. The van der Waals surface area contributed by atoms with Crippen LogP contribution >= 0.6 is 23.2 Å². The Labute approximate surface area is 255 Å². The first-order valence-corrected chi connectivity index (χ1v) is 14.0. The monoisotopic (exact) mass is 604 g/mol. The molecule has 216 valence electrons. The van der Waals surface area contributed by atoms with Gasteiger partial charge in [-0.15, -0.1) is 0 Å². The lowest BCUT2D eigenvalue weighted by Crippen LogP contribution is -2.21. The second-order valence-corrected chi connectivity index (χ2v) is 11.1. The molecule has 4 aromatic rings. The Morgan fingerprint density at radius 1 is 0.952 bits per heavy atom. The van der Waals surface area contributed by atoms with Crippen LogP contribution in [-0.4, -0.2) is 28.6 Å². The lowest BCUT2D eigenvalue weighted by Gasteiger charge is -2.19. The number of nitrogens with zero attached hydrogens (tertiary/aromatic N) is 2. The molecule has 0 aliphatic carbocycles. The number of hydrogen-bond acceptors (Lipinski definition) is 7. The number of pyridine rings is 1. The number of carbonyl (C=O) groups excluding carboxylic acids is 1. The summed E-state index contributed by atoms with van der Waals surface area (Å²) in [5.41, 5.74) is 4.15. The molecule has 0 aliphatic rings. The van der Waals surface area contributed by atoms with Crippen LogP contribution in [0.25, 0.3) is 11.1 Å². The van der Waals surface area contributed by atoms with E-state index in [9.17, 15) is 9.90 Å². The fraction of sp³-hybridized carbons (Fsp3) is 0.242. The van der Waals surface area contributed by atoms with E-state index in [2.05, 4.69) is 4.98 Å². The summed E-state index contributed by atoms with van der Waals surface area (Å²) in [5.74, 6) is 1.20. The van der Waals surface area contributed by atoms with Crippen molar-refractivity contribution in [1.82, 2.24) is 4.98 Å². The first-order valence-electron chi connectivity index (χ1n) is 13.2. The number of aldehydes is 1. The van der Waals surface area contributed by atoms with E-state index in [0.717, 1.165) is 22.3 Å². The Hall–Kier alpha value is -4.09. The first kappa shape index (κ1) is 30.9. The van der Waals surface area contributed by atoms with Gasteiger partial charge >= 0.3 is 0 Å². The molecule has 3 aromatic carbocycles. The average molecular weight is 606 g/mol. The molecule has 0 radical (unpaired) electrons. The Morgan fingerprint density at radius 3 is 2.43 bits per heavy atom. The van der Waals surface area contributed by atoms with Crippen molar-refractivity contribution in [3.8, 4) is 34.4 Å². The highest BCUT2D eigenvalue weighted by molar-refractivity contribution is 6.35. The van der Waals surface area contributed by atoms with Crippen LogP contribution in [0.2, 0.25) is 10.0 Å². The van der Waals surface area contributed by atoms with E-state index in [1.165, 1.54) is 12.3 Å². The van der Waals surface area contributed by atoms with Crippen LogP contribution in [0.4, 0.5) is 0 Å². The number of benzene rings is 3. The first-order chi connectivity index (χ1) is 20.1.